The number of alkyl halides is 6. The van der Waals surface area contributed by atoms with Gasteiger partial charge in [-0.1, -0.05) is 0 Å². The average Bonchev–Trinajstić information content (AvgIpc) is 3.37. The summed E-state index contributed by atoms with van der Waals surface area (Å²) >= 11 is 1.35. The normalized spacial score (nSPS) is 20.2. The van der Waals surface area contributed by atoms with Gasteiger partial charge in [-0.05, 0) is 56.0 Å². The molecule has 1 saturated heterocycles. The van der Waals surface area contributed by atoms with Gasteiger partial charge in [-0.3, -0.25) is 19.8 Å². The number of benzene rings is 2. The minimum atomic E-state index is -4.89. The summed E-state index contributed by atoms with van der Waals surface area (Å²) in [5.41, 5.74) is -2.82. The van der Waals surface area contributed by atoms with Crippen molar-refractivity contribution in [3.05, 3.63) is 62.6 Å². The number of rotatable bonds is 8. The lowest BCUT2D eigenvalue weighted by molar-refractivity contribution is -0.388. The van der Waals surface area contributed by atoms with Gasteiger partial charge in [0.15, 0.2) is 0 Å². The number of piperazine rings is 1. The van der Waals surface area contributed by atoms with Crippen molar-refractivity contribution in [3.8, 4) is 5.75 Å². The number of halogens is 6. The molecule has 1 saturated carbocycles. The number of nitro benzene ring substituents is 1. The number of nitrogens with zero attached hydrogens (tertiary/aromatic N) is 4. The monoisotopic (exact) mass is 646 g/mol. The molecule has 0 radical (unpaired) electrons. The van der Waals surface area contributed by atoms with Crippen molar-refractivity contribution in [1.82, 2.24) is 14.8 Å². The van der Waals surface area contributed by atoms with Crippen LogP contribution in [0.5, 0.6) is 5.75 Å². The quantitative estimate of drug-likeness (QED) is 0.161. The largest absolute Gasteiger partial charge is 0.490 e. The number of carbonyl (C=O) groups excluding carboxylic acids is 1. The lowest BCUT2D eigenvalue weighted by Gasteiger charge is -2.35. The molecule has 0 unspecified atom stereocenters. The van der Waals surface area contributed by atoms with Crippen LogP contribution in [-0.4, -0.2) is 70.6 Å². The van der Waals surface area contributed by atoms with Gasteiger partial charge in [0.2, 0.25) is 5.91 Å². The zero-order valence-corrected chi connectivity index (χ0v) is 24.0. The molecule has 1 amide bonds. The number of aromatic nitrogens is 1. The Bertz CT molecular complexity index is 1500. The van der Waals surface area contributed by atoms with Crippen LogP contribution in [0.4, 0.5) is 32.0 Å². The predicted molar refractivity (Wildman–Crippen MR) is 147 cm³/mol. The number of hydrogen-bond acceptors (Lipinski definition) is 8. The van der Waals surface area contributed by atoms with Crippen LogP contribution in [0.25, 0.3) is 10.2 Å². The van der Waals surface area contributed by atoms with Gasteiger partial charge in [0.05, 0.1) is 39.5 Å². The zero-order chi connectivity index (χ0) is 31.6. The van der Waals surface area contributed by atoms with E-state index in [2.05, 4.69) is 9.88 Å². The molecule has 1 aliphatic heterocycles. The fraction of sp³-hybridized carbons (Fsp3) is 0.500. The van der Waals surface area contributed by atoms with E-state index < -0.39 is 34.1 Å². The maximum Gasteiger partial charge on any atom is 0.423 e. The third-order valence-corrected chi connectivity index (χ3v) is 8.70. The molecule has 44 heavy (non-hydrogen) atoms. The van der Waals surface area contributed by atoms with Crippen molar-refractivity contribution >= 4 is 33.1 Å². The molecule has 2 heterocycles. The van der Waals surface area contributed by atoms with Gasteiger partial charge in [0.25, 0.3) is 5.69 Å². The van der Waals surface area contributed by atoms with Crippen molar-refractivity contribution in [2.45, 2.75) is 56.8 Å². The summed E-state index contributed by atoms with van der Waals surface area (Å²) in [7, 11) is 0. The van der Waals surface area contributed by atoms with Gasteiger partial charge < -0.3 is 14.4 Å². The first kappa shape index (κ1) is 31.9. The third kappa shape index (κ3) is 7.77. The van der Waals surface area contributed by atoms with E-state index in [9.17, 15) is 41.3 Å². The Balaban J connectivity index is 1.03. The smallest absolute Gasteiger partial charge is 0.423 e. The SMILES string of the molecule is O=C(CO[C@H]1CC[C@H](Oc2ccc([N+](=O)[O-])c(C(F)(F)F)c2)CC1)N1CCN(Cc2nc3cc(C(F)(F)F)ccc3s2)CC1. The Labute approximate surface area is 251 Å². The first-order chi connectivity index (χ1) is 20.8. The fourth-order valence-corrected chi connectivity index (χ4v) is 6.32. The molecular weight excluding hydrogens is 618 g/mol. The molecule has 3 aromatic rings. The number of nitro groups is 1. The number of ether oxygens (including phenoxy) is 2. The highest BCUT2D eigenvalue weighted by atomic mass is 32.1. The van der Waals surface area contributed by atoms with E-state index in [1.165, 1.54) is 17.4 Å². The van der Waals surface area contributed by atoms with Crippen molar-refractivity contribution in [1.29, 1.82) is 0 Å². The van der Waals surface area contributed by atoms with E-state index in [-0.39, 0.29) is 30.5 Å². The van der Waals surface area contributed by atoms with Gasteiger partial charge in [-0.2, -0.15) is 26.3 Å². The van der Waals surface area contributed by atoms with E-state index >= 15 is 0 Å². The first-order valence-electron chi connectivity index (χ1n) is 13.9. The van der Waals surface area contributed by atoms with Crippen LogP contribution in [0.2, 0.25) is 0 Å². The minimum absolute atomic E-state index is 0.0969. The summed E-state index contributed by atoms with van der Waals surface area (Å²) in [5, 5.41) is 11.7. The van der Waals surface area contributed by atoms with Gasteiger partial charge in [-0.15, -0.1) is 11.3 Å². The minimum Gasteiger partial charge on any atom is -0.490 e. The highest BCUT2D eigenvalue weighted by Gasteiger charge is 2.39. The van der Waals surface area contributed by atoms with Crippen molar-refractivity contribution in [2.75, 3.05) is 32.8 Å². The zero-order valence-electron chi connectivity index (χ0n) is 23.2. The Hall–Kier alpha value is -3.50. The number of fused-ring (bicyclic) bond motifs is 1. The highest BCUT2D eigenvalue weighted by Crippen LogP contribution is 2.39. The molecule has 2 fully saturated rings. The average molecular weight is 647 g/mol. The van der Waals surface area contributed by atoms with E-state index in [0.717, 1.165) is 24.3 Å². The molecule has 0 atom stereocenters. The van der Waals surface area contributed by atoms with Crippen LogP contribution < -0.4 is 4.74 Å². The Morgan fingerprint density at radius 3 is 2.27 bits per heavy atom. The standard InChI is InChI=1S/C28H28F6N4O5S/c29-27(30,31)17-1-8-24-22(13-17)35-25(44-24)15-36-9-11-37(12-10-36)26(39)16-42-18-2-4-19(5-3-18)43-20-6-7-23(38(40)41)21(14-20)28(32,33)34/h1,6-8,13-14,18-19H,2-5,9-12,15-16H2/t18-,19-. The Morgan fingerprint density at radius 2 is 1.64 bits per heavy atom. The van der Waals surface area contributed by atoms with Crippen molar-refractivity contribution in [3.63, 3.8) is 0 Å². The van der Waals surface area contributed by atoms with Crippen LogP contribution in [0, 0.1) is 10.1 Å². The van der Waals surface area contributed by atoms with E-state index in [0.29, 0.717) is 79.7 Å². The summed E-state index contributed by atoms with van der Waals surface area (Å²) in [6.45, 7) is 2.48. The number of thiazole rings is 1. The van der Waals surface area contributed by atoms with E-state index in [4.69, 9.17) is 9.47 Å². The third-order valence-electron chi connectivity index (χ3n) is 7.68. The van der Waals surface area contributed by atoms with Crippen LogP contribution in [0.15, 0.2) is 36.4 Å². The number of carbonyl (C=O) groups is 1. The summed E-state index contributed by atoms with van der Waals surface area (Å²) in [5.74, 6) is -0.256. The number of amides is 1. The number of hydrogen-bond donors (Lipinski definition) is 0. The Morgan fingerprint density at radius 1 is 0.955 bits per heavy atom. The maximum atomic E-state index is 13.2. The molecule has 0 spiro atoms. The molecule has 2 aliphatic rings. The van der Waals surface area contributed by atoms with Gasteiger partial charge >= 0.3 is 12.4 Å². The van der Waals surface area contributed by atoms with Crippen molar-refractivity contribution in [2.24, 2.45) is 0 Å². The fourth-order valence-electron chi connectivity index (χ4n) is 5.33. The molecule has 0 bridgehead atoms. The maximum absolute atomic E-state index is 13.2. The molecule has 1 aliphatic carbocycles. The molecule has 5 rings (SSSR count). The molecule has 2 aromatic carbocycles. The molecular formula is C28H28F6N4O5S. The van der Waals surface area contributed by atoms with Crippen LogP contribution in [-0.2, 0) is 28.4 Å². The summed E-state index contributed by atoms with van der Waals surface area (Å²) in [4.78, 5) is 30.8. The van der Waals surface area contributed by atoms with Crippen LogP contribution >= 0.6 is 11.3 Å². The molecule has 238 valence electrons. The van der Waals surface area contributed by atoms with E-state index in [1.54, 1.807) is 4.90 Å². The second-order valence-corrected chi connectivity index (χ2v) is 11.8. The molecule has 9 nitrogen and oxygen atoms in total. The first-order valence-corrected chi connectivity index (χ1v) is 14.7. The molecule has 1 aromatic heterocycles. The molecule has 16 heteroatoms. The summed E-state index contributed by atoms with van der Waals surface area (Å²) in [6.07, 6.45) is -7.87. The lowest BCUT2D eigenvalue weighted by Crippen LogP contribution is -2.49. The summed E-state index contributed by atoms with van der Waals surface area (Å²) in [6, 6.07) is 6.12. The second-order valence-electron chi connectivity index (χ2n) is 10.7. The van der Waals surface area contributed by atoms with Gasteiger partial charge in [-0.25, -0.2) is 4.98 Å². The van der Waals surface area contributed by atoms with Crippen LogP contribution in [0.3, 0.4) is 0 Å². The molecule has 0 N–H and O–H groups in total. The van der Waals surface area contributed by atoms with Crippen LogP contribution in [0.1, 0.15) is 41.8 Å². The second kappa shape index (κ2) is 12.9. The highest BCUT2D eigenvalue weighted by molar-refractivity contribution is 7.18. The van der Waals surface area contributed by atoms with Gasteiger partial charge in [0, 0.05) is 32.2 Å². The van der Waals surface area contributed by atoms with E-state index in [1.807, 2.05) is 0 Å². The van der Waals surface area contributed by atoms with Gasteiger partial charge in [0.1, 0.15) is 22.9 Å². The lowest BCUT2D eigenvalue weighted by atomic mass is 9.95. The topological polar surface area (TPSA) is 98.0 Å². The Kier molecular flexibility index (Phi) is 9.32. The summed E-state index contributed by atoms with van der Waals surface area (Å²) < 4.78 is 90.9. The predicted octanol–water partition coefficient (Wildman–Crippen LogP) is 6.29. The van der Waals surface area contributed by atoms with Crippen molar-refractivity contribution < 1.29 is 45.5 Å².